The number of aromatic nitrogens is 2. The van der Waals surface area contributed by atoms with Gasteiger partial charge in [0.1, 0.15) is 12.7 Å². The maximum atomic E-state index is 13.3. The zero-order valence-electron chi connectivity index (χ0n) is 17.8. The van der Waals surface area contributed by atoms with Crippen LogP contribution in [0, 0.1) is 11.3 Å². The Balaban J connectivity index is 1.72. The van der Waals surface area contributed by atoms with E-state index >= 15 is 0 Å². The second kappa shape index (κ2) is 10.2. The maximum Gasteiger partial charge on any atom is 0.416 e. The Labute approximate surface area is 191 Å². The van der Waals surface area contributed by atoms with Crippen LogP contribution >= 0.6 is 0 Å². The monoisotopic (exact) mass is 438 g/mol. The molecule has 7 nitrogen and oxygen atoms in total. The van der Waals surface area contributed by atoms with Crippen LogP contribution in [0.3, 0.4) is 0 Å². The number of nitrogens with one attached hydrogen (secondary N) is 1. The molecular weight excluding hydrogens is 416 g/mol. The smallest absolute Gasteiger partial charge is 0.416 e. The largest absolute Gasteiger partial charge is 0.444 e. The van der Waals surface area contributed by atoms with Gasteiger partial charge in [0.05, 0.1) is 13.1 Å². The summed E-state index contributed by atoms with van der Waals surface area (Å²) in [5, 5.41) is 9.71. The molecule has 0 atom stereocenters. The van der Waals surface area contributed by atoms with Gasteiger partial charge in [0.15, 0.2) is 11.5 Å². The van der Waals surface area contributed by atoms with Gasteiger partial charge in [0.2, 0.25) is 0 Å². The maximum absolute atomic E-state index is 13.3. The van der Waals surface area contributed by atoms with Crippen molar-refractivity contribution >= 4 is 11.9 Å². The molecule has 0 unspecified atom stereocenters. The summed E-state index contributed by atoms with van der Waals surface area (Å²) < 4.78 is 6.97. The van der Waals surface area contributed by atoms with Gasteiger partial charge in [-0.2, -0.15) is 5.26 Å². The van der Waals surface area contributed by atoms with Crippen LogP contribution in [-0.4, -0.2) is 15.6 Å². The zero-order valence-corrected chi connectivity index (χ0v) is 17.8. The number of aromatic amines is 1. The van der Waals surface area contributed by atoms with E-state index in [-0.39, 0.29) is 31.2 Å². The third kappa shape index (κ3) is 5.20. The average molecular weight is 438 g/mol. The molecule has 4 rings (SSSR count). The molecule has 0 fully saturated rings. The molecule has 0 aliphatic rings. The van der Waals surface area contributed by atoms with Crippen LogP contribution in [0.5, 0.6) is 0 Å². The van der Waals surface area contributed by atoms with Crippen molar-refractivity contribution in [2.75, 3.05) is 4.90 Å². The molecule has 1 N–H and O–H groups in total. The SMILES string of the molecule is N#Cc1[nH]c(=O)n(Cc2ccccc2)c1N(Cc1ccccc1)C(=O)OCc1ccccc1. The number of ether oxygens (including phenoxy) is 1. The second-order valence-corrected chi connectivity index (χ2v) is 7.42. The van der Waals surface area contributed by atoms with Crippen LogP contribution in [-0.2, 0) is 24.4 Å². The molecule has 1 amide bonds. The van der Waals surface area contributed by atoms with Gasteiger partial charge >= 0.3 is 11.8 Å². The molecular formula is C26H22N4O3. The number of H-pyrrole nitrogens is 1. The molecule has 1 heterocycles. The molecule has 1 aromatic heterocycles. The number of amides is 1. The van der Waals surface area contributed by atoms with Gasteiger partial charge in [-0.1, -0.05) is 91.0 Å². The summed E-state index contributed by atoms with van der Waals surface area (Å²) in [7, 11) is 0. The lowest BCUT2D eigenvalue weighted by molar-refractivity contribution is 0.146. The van der Waals surface area contributed by atoms with Crippen molar-refractivity contribution in [3.05, 3.63) is 124 Å². The van der Waals surface area contributed by atoms with Crippen LogP contribution < -0.4 is 10.6 Å². The van der Waals surface area contributed by atoms with E-state index in [1.54, 1.807) is 0 Å². The van der Waals surface area contributed by atoms with Gasteiger partial charge in [-0.3, -0.25) is 14.5 Å². The fourth-order valence-electron chi connectivity index (χ4n) is 3.52. The number of hydrogen-bond donors (Lipinski definition) is 1. The standard InChI is InChI=1S/C26H22N4O3/c27-16-23-24(29(25(31)28-23)17-20-10-4-1-5-11-20)30(18-21-12-6-2-7-13-21)26(32)33-19-22-14-8-3-9-15-22/h1-15H,17-19H2,(H,28,31). The van der Waals surface area contributed by atoms with Crippen LogP contribution in [0.2, 0.25) is 0 Å². The number of rotatable bonds is 7. The van der Waals surface area contributed by atoms with E-state index in [0.717, 1.165) is 16.7 Å². The summed E-state index contributed by atoms with van der Waals surface area (Å²) in [6.07, 6.45) is -0.653. The highest BCUT2D eigenvalue weighted by Crippen LogP contribution is 2.23. The molecule has 0 saturated heterocycles. The van der Waals surface area contributed by atoms with E-state index in [2.05, 4.69) is 4.98 Å². The number of nitriles is 1. The molecule has 0 saturated carbocycles. The number of carbonyl (C=O) groups excluding carboxylic acids is 1. The van der Waals surface area contributed by atoms with Crippen molar-refractivity contribution < 1.29 is 9.53 Å². The Kier molecular flexibility index (Phi) is 6.67. The minimum atomic E-state index is -0.653. The summed E-state index contributed by atoms with van der Waals surface area (Å²) in [4.78, 5) is 29.9. The Bertz CT molecular complexity index is 1310. The molecule has 4 aromatic rings. The highest BCUT2D eigenvalue weighted by molar-refractivity contribution is 5.88. The van der Waals surface area contributed by atoms with E-state index in [4.69, 9.17) is 4.74 Å². The van der Waals surface area contributed by atoms with Crippen molar-refractivity contribution in [1.29, 1.82) is 5.26 Å². The number of benzene rings is 3. The molecule has 0 radical (unpaired) electrons. The van der Waals surface area contributed by atoms with Crippen molar-refractivity contribution in [2.45, 2.75) is 19.7 Å². The summed E-state index contributed by atoms with van der Waals surface area (Å²) in [5.74, 6) is 0.174. The minimum absolute atomic E-state index is 0.00326. The summed E-state index contributed by atoms with van der Waals surface area (Å²) >= 11 is 0. The predicted molar refractivity (Wildman–Crippen MR) is 125 cm³/mol. The van der Waals surface area contributed by atoms with Gasteiger partial charge in [-0.15, -0.1) is 0 Å². The van der Waals surface area contributed by atoms with E-state index in [0.29, 0.717) is 0 Å². The first kappa shape index (κ1) is 21.7. The molecule has 0 spiro atoms. The molecule has 3 aromatic carbocycles. The number of anilines is 1. The summed E-state index contributed by atoms with van der Waals surface area (Å²) in [5.41, 5.74) is 2.06. The highest BCUT2D eigenvalue weighted by Gasteiger charge is 2.27. The van der Waals surface area contributed by atoms with Gasteiger partial charge in [0, 0.05) is 0 Å². The number of carbonyl (C=O) groups is 1. The Hall–Kier alpha value is -4.57. The lowest BCUT2D eigenvalue weighted by Crippen LogP contribution is -2.34. The molecule has 33 heavy (non-hydrogen) atoms. The van der Waals surface area contributed by atoms with Gasteiger partial charge in [0.25, 0.3) is 0 Å². The van der Waals surface area contributed by atoms with E-state index in [9.17, 15) is 14.9 Å². The Morgan fingerprint density at radius 2 is 1.42 bits per heavy atom. The fourth-order valence-corrected chi connectivity index (χ4v) is 3.52. The first-order chi connectivity index (χ1) is 16.2. The molecule has 0 aliphatic carbocycles. The van der Waals surface area contributed by atoms with E-state index in [1.807, 2.05) is 97.1 Å². The number of nitrogens with zero attached hydrogens (tertiary/aromatic N) is 3. The van der Waals surface area contributed by atoms with Gasteiger partial charge in [-0.25, -0.2) is 9.59 Å². The zero-order chi connectivity index (χ0) is 23.0. The summed E-state index contributed by atoms with van der Waals surface area (Å²) in [6, 6.07) is 30.1. The topological polar surface area (TPSA) is 91.1 Å². The third-order valence-electron chi connectivity index (χ3n) is 5.12. The van der Waals surface area contributed by atoms with Crippen LogP contribution in [0.25, 0.3) is 0 Å². The van der Waals surface area contributed by atoms with Crippen molar-refractivity contribution in [2.24, 2.45) is 0 Å². The van der Waals surface area contributed by atoms with E-state index in [1.165, 1.54) is 9.47 Å². The van der Waals surface area contributed by atoms with Crippen LogP contribution in [0.15, 0.2) is 95.8 Å². The lowest BCUT2D eigenvalue weighted by Gasteiger charge is -2.23. The lowest BCUT2D eigenvalue weighted by atomic mass is 10.2. The first-order valence-corrected chi connectivity index (χ1v) is 10.4. The minimum Gasteiger partial charge on any atom is -0.444 e. The summed E-state index contributed by atoms with van der Waals surface area (Å²) in [6.45, 7) is 0.403. The fraction of sp³-hybridized carbons (Fsp3) is 0.115. The molecule has 7 heteroatoms. The van der Waals surface area contributed by atoms with Gasteiger partial charge < -0.3 is 4.74 Å². The van der Waals surface area contributed by atoms with Gasteiger partial charge in [-0.05, 0) is 16.7 Å². The molecule has 164 valence electrons. The average Bonchev–Trinajstić information content (AvgIpc) is 3.17. The first-order valence-electron chi connectivity index (χ1n) is 10.4. The quantitative estimate of drug-likeness (QED) is 0.462. The second-order valence-electron chi connectivity index (χ2n) is 7.42. The third-order valence-corrected chi connectivity index (χ3v) is 5.12. The Morgan fingerprint density at radius 3 is 2.00 bits per heavy atom. The number of imidazole rings is 1. The molecule has 0 bridgehead atoms. The predicted octanol–water partition coefficient (Wildman–Crippen LogP) is 4.44. The van der Waals surface area contributed by atoms with Crippen LogP contribution in [0.4, 0.5) is 10.6 Å². The Morgan fingerprint density at radius 1 is 0.879 bits per heavy atom. The highest BCUT2D eigenvalue weighted by atomic mass is 16.6. The van der Waals surface area contributed by atoms with Crippen molar-refractivity contribution in [1.82, 2.24) is 9.55 Å². The normalized spacial score (nSPS) is 10.4. The van der Waals surface area contributed by atoms with Crippen molar-refractivity contribution in [3.8, 4) is 6.07 Å². The number of hydrogen-bond acceptors (Lipinski definition) is 4. The molecule has 0 aliphatic heterocycles. The van der Waals surface area contributed by atoms with Crippen molar-refractivity contribution in [3.63, 3.8) is 0 Å². The van der Waals surface area contributed by atoms with E-state index < -0.39 is 11.8 Å². The van der Waals surface area contributed by atoms with Crippen LogP contribution in [0.1, 0.15) is 22.4 Å².